The molecule has 2 heteroatoms. The van der Waals surface area contributed by atoms with Gasteiger partial charge in [0.2, 0.25) is 0 Å². The van der Waals surface area contributed by atoms with Crippen molar-refractivity contribution >= 4 is 0 Å². The molecule has 1 unspecified atom stereocenters. The minimum atomic E-state index is -0.123. The standard InChI is InChI=1S/C14H29NO/c1-5-12(6-2)13(16)9-15-10-14(7-3,8-4)11-15/h12-13,16H,5-11H2,1-4H3. The van der Waals surface area contributed by atoms with E-state index in [2.05, 4.69) is 32.6 Å². The maximum atomic E-state index is 10.1. The molecule has 1 saturated heterocycles. The summed E-state index contributed by atoms with van der Waals surface area (Å²) in [5.41, 5.74) is 0.563. The molecule has 1 rings (SSSR count). The van der Waals surface area contributed by atoms with Gasteiger partial charge in [-0.1, -0.05) is 40.5 Å². The average molecular weight is 227 g/mol. The van der Waals surface area contributed by atoms with Gasteiger partial charge in [0.25, 0.3) is 0 Å². The van der Waals surface area contributed by atoms with E-state index < -0.39 is 0 Å². The molecule has 0 aromatic rings. The Morgan fingerprint density at radius 1 is 1.06 bits per heavy atom. The van der Waals surface area contributed by atoms with E-state index in [0.29, 0.717) is 11.3 Å². The van der Waals surface area contributed by atoms with Crippen molar-refractivity contribution < 1.29 is 5.11 Å². The van der Waals surface area contributed by atoms with E-state index in [4.69, 9.17) is 0 Å². The van der Waals surface area contributed by atoms with Crippen molar-refractivity contribution in [2.75, 3.05) is 19.6 Å². The first kappa shape index (κ1) is 14.0. The van der Waals surface area contributed by atoms with E-state index in [0.717, 1.165) is 19.4 Å². The van der Waals surface area contributed by atoms with Gasteiger partial charge in [-0.3, -0.25) is 4.90 Å². The van der Waals surface area contributed by atoms with Crippen LogP contribution in [-0.4, -0.2) is 35.7 Å². The lowest BCUT2D eigenvalue weighted by molar-refractivity contribution is -0.0448. The molecule has 1 aliphatic rings. The molecule has 96 valence electrons. The fourth-order valence-electron chi connectivity index (χ4n) is 2.98. The maximum absolute atomic E-state index is 10.1. The molecule has 1 heterocycles. The Bertz CT molecular complexity index is 189. The van der Waals surface area contributed by atoms with Crippen molar-refractivity contribution in [2.24, 2.45) is 11.3 Å². The zero-order valence-electron chi connectivity index (χ0n) is 11.5. The van der Waals surface area contributed by atoms with Crippen molar-refractivity contribution in [2.45, 2.75) is 59.5 Å². The topological polar surface area (TPSA) is 23.5 Å². The van der Waals surface area contributed by atoms with Crippen molar-refractivity contribution in [1.29, 1.82) is 0 Å². The van der Waals surface area contributed by atoms with Gasteiger partial charge in [0.05, 0.1) is 6.10 Å². The van der Waals surface area contributed by atoms with Crippen LogP contribution in [0.25, 0.3) is 0 Å². The van der Waals surface area contributed by atoms with Gasteiger partial charge >= 0.3 is 0 Å². The van der Waals surface area contributed by atoms with E-state index in [1.54, 1.807) is 0 Å². The lowest BCUT2D eigenvalue weighted by Crippen LogP contribution is -2.58. The molecule has 16 heavy (non-hydrogen) atoms. The third-order valence-electron chi connectivity index (χ3n) is 4.66. The highest BCUT2D eigenvalue weighted by Crippen LogP contribution is 2.37. The largest absolute Gasteiger partial charge is 0.392 e. The molecule has 1 atom stereocenters. The van der Waals surface area contributed by atoms with Gasteiger partial charge in [-0.25, -0.2) is 0 Å². The molecule has 0 bridgehead atoms. The molecular weight excluding hydrogens is 198 g/mol. The molecule has 1 aliphatic heterocycles. The van der Waals surface area contributed by atoms with Crippen LogP contribution in [0.3, 0.4) is 0 Å². The van der Waals surface area contributed by atoms with Gasteiger partial charge < -0.3 is 5.11 Å². The normalized spacial score (nSPS) is 22.1. The fourth-order valence-corrected chi connectivity index (χ4v) is 2.98. The van der Waals surface area contributed by atoms with Crippen molar-refractivity contribution in [3.05, 3.63) is 0 Å². The van der Waals surface area contributed by atoms with Crippen molar-refractivity contribution in [3.63, 3.8) is 0 Å². The van der Waals surface area contributed by atoms with Crippen LogP contribution < -0.4 is 0 Å². The Balaban J connectivity index is 2.31. The summed E-state index contributed by atoms with van der Waals surface area (Å²) in [5, 5.41) is 10.1. The fraction of sp³-hybridized carbons (Fsp3) is 1.00. The van der Waals surface area contributed by atoms with Crippen LogP contribution in [0.2, 0.25) is 0 Å². The maximum Gasteiger partial charge on any atom is 0.0695 e. The van der Waals surface area contributed by atoms with Crippen LogP contribution in [0.1, 0.15) is 53.4 Å². The average Bonchev–Trinajstić information content (AvgIpc) is 2.24. The quantitative estimate of drug-likeness (QED) is 0.723. The van der Waals surface area contributed by atoms with Crippen LogP contribution >= 0.6 is 0 Å². The van der Waals surface area contributed by atoms with E-state index in [9.17, 15) is 5.11 Å². The molecule has 0 radical (unpaired) electrons. The summed E-state index contributed by atoms with van der Waals surface area (Å²) in [6.45, 7) is 12.2. The molecule has 0 amide bonds. The monoisotopic (exact) mass is 227 g/mol. The second-order valence-corrected chi connectivity index (χ2v) is 5.52. The highest BCUT2D eigenvalue weighted by molar-refractivity contribution is 4.93. The lowest BCUT2D eigenvalue weighted by Gasteiger charge is -2.51. The number of rotatable bonds is 7. The Labute approximate surface area is 101 Å². The van der Waals surface area contributed by atoms with E-state index in [-0.39, 0.29) is 6.10 Å². The lowest BCUT2D eigenvalue weighted by atomic mass is 9.75. The molecule has 0 saturated carbocycles. The number of nitrogens with zero attached hydrogens (tertiary/aromatic N) is 1. The summed E-state index contributed by atoms with van der Waals surface area (Å²) in [6, 6.07) is 0. The zero-order chi connectivity index (χ0) is 12.2. The van der Waals surface area contributed by atoms with Crippen LogP contribution in [0.4, 0.5) is 0 Å². The third kappa shape index (κ3) is 2.98. The van der Waals surface area contributed by atoms with Crippen LogP contribution in [-0.2, 0) is 0 Å². The van der Waals surface area contributed by atoms with Gasteiger partial charge in [-0.2, -0.15) is 0 Å². The Morgan fingerprint density at radius 3 is 1.94 bits per heavy atom. The van der Waals surface area contributed by atoms with Crippen molar-refractivity contribution in [1.82, 2.24) is 4.90 Å². The smallest absolute Gasteiger partial charge is 0.0695 e. The van der Waals surface area contributed by atoms with Crippen LogP contribution in [0, 0.1) is 11.3 Å². The van der Waals surface area contributed by atoms with Crippen LogP contribution in [0.15, 0.2) is 0 Å². The number of β-amino-alcohol motifs (C(OH)–C–C–N with tert-alkyl or cyclic N) is 1. The first-order valence-corrected chi connectivity index (χ1v) is 7.01. The Morgan fingerprint density at radius 2 is 1.56 bits per heavy atom. The van der Waals surface area contributed by atoms with Gasteiger partial charge in [0.1, 0.15) is 0 Å². The van der Waals surface area contributed by atoms with E-state index in [1.807, 2.05) is 0 Å². The SMILES string of the molecule is CCC(CC)C(O)CN1CC(CC)(CC)C1. The summed E-state index contributed by atoms with van der Waals surface area (Å²) in [7, 11) is 0. The molecule has 1 fully saturated rings. The summed E-state index contributed by atoms with van der Waals surface area (Å²) in [4.78, 5) is 2.43. The molecular formula is C14H29NO. The summed E-state index contributed by atoms with van der Waals surface area (Å²) < 4.78 is 0. The van der Waals surface area contributed by atoms with E-state index >= 15 is 0 Å². The number of aliphatic hydroxyl groups excluding tert-OH is 1. The van der Waals surface area contributed by atoms with Gasteiger partial charge in [0.15, 0.2) is 0 Å². The van der Waals surface area contributed by atoms with E-state index in [1.165, 1.54) is 25.9 Å². The number of hydrogen-bond donors (Lipinski definition) is 1. The Hall–Kier alpha value is -0.0800. The second kappa shape index (κ2) is 6.02. The van der Waals surface area contributed by atoms with Gasteiger partial charge in [-0.05, 0) is 24.2 Å². The first-order valence-electron chi connectivity index (χ1n) is 7.01. The predicted molar refractivity (Wildman–Crippen MR) is 69.5 cm³/mol. The number of hydrogen-bond acceptors (Lipinski definition) is 2. The van der Waals surface area contributed by atoms with Gasteiger partial charge in [-0.15, -0.1) is 0 Å². The molecule has 1 N–H and O–H groups in total. The van der Waals surface area contributed by atoms with Crippen molar-refractivity contribution in [3.8, 4) is 0 Å². The zero-order valence-corrected chi connectivity index (χ0v) is 11.5. The second-order valence-electron chi connectivity index (χ2n) is 5.52. The molecule has 0 aromatic heterocycles. The van der Waals surface area contributed by atoms with Gasteiger partial charge in [0, 0.05) is 19.6 Å². The minimum Gasteiger partial charge on any atom is -0.392 e. The molecule has 2 nitrogen and oxygen atoms in total. The summed E-state index contributed by atoms with van der Waals surface area (Å²) in [6.07, 6.45) is 4.63. The molecule has 0 aromatic carbocycles. The highest BCUT2D eigenvalue weighted by atomic mass is 16.3. The summed E-state index contributed by atoms with van der Waals surface area (Å²) in [5.74, 6) is 0.484. The Kier molecular flexibility index (Phi) is 5.26. The highest BCUT2D eigenvalue weighted by Gasteiger charge is 2.40. The predicted octanol–water partition coefficient (Wildman–Crippen LogP) is 2.91. The molecule has 0 aliphatic carbocycles. The molecule has 0 spiro atoms. The first-order chi connectivity index (χ1) is 7.60. The van der Waals surface area contributed by atoms with Crippen LogP contribution in [0.5, 0.6) is 0 Å². The minimum absolute atomic E-state index is 0.123. The number of aliphatic hydroxyl groups is 1. The summed E-state index contributed by atoms with van der Waals surface area (Å²) >= 11 is 0. The number of likely N-dealkylation sites (tertiary alicyclic amines) is 1. The third-order valence-corrected chi connectivity index (χ3v) is 4.66.